The first-order valence-electron chi connectivity index (χ1n) is 21.4. The van der Waals surface area contributed by atoms with Gasteiger partial charge in [0.1, 0.15) is 11.5 Å². The van der Waals surface area contributed by atoms with Crippen molar-refractivity contribution in [3.63, 3.8) is 0 Å². The fraction of sp³-hybridized carbons (Fsp3) is 0.0714. The summed E-state index contributed by atoms with van der Waals surface area (Å²) in [7, 11) is -10.4. The Labute approximate surface area is 382 Å². The van der Waals surface area contributed by atoms with Crippen molar-refractivity contribution in [1.82, 2.24) is 4.67 Å². The van der Waals surface area contributed by atoms with Crippen LogP contribution in [-0.2, 0) is 19.1 Å². The second-order valence-electron chi connectivity index (χ2n) is 15.7. The van der Waals surface area contributed by atoms with Crippen molar-refractivity contribution in [1.29, 1.82) is 0 Å². The fourth-order valence-corrected chi connectivity index (χ4v) is 15.1. The lowest BCUT2D eigenvalue weighted by molar-refractivity contribution is 0.399. The van der Waals surface area contributed by atoms with Gasteiger partial charge in [-0.25, -0.2) is 4.67 Å². The van der Waals surface area contributed by atoms with Gasteiger partial charge in [0.15, 0.2) is 7.14 Å². The molecule has 0 radical (unpaired) electrons. The van der Waals surface area contributed by atoms with Gasteiger partial charge in [0.05, 0.1) is 15.9 Å². The van der Waals surface area contributed by atoms with Gasteiger partial charge in [-0.2, -0.15) is 0 Å². The van der Waals surface area contributed by atoms with Crippen molar-refractivity contribution in [3.05, 3.63) is 266 Å². The first-order chi connectivity index (χ1) is 31.6. The van der Waals surface area contributed by atoms with Crippen molar-refractivity contribution < 1.29 is 22.7 Å². The first-order valence-corrected chi connectivity index (χ1v) is 26.3. The molecule has 0 N–H and O–H groups in total. The maximum atomic E-state index is 15.4. The Morgan fingerprint density at radius 3 is 1.09 bits per heavy atom. The Morgan fingerprint density at radius 2 is 0.723 bits per heavy atom. The van der Waals surface area contributed by atoms with E-state index in [-0.39, 0.29) is 0 Å². The minimum atomic E-state index is -3.62. The van der Waals surface area contributed by atoms with Gasteiger partial charge in [0.25, 0.3) is 0 Å². The summed E-state index contributed by atoms with van der Waals surface area (Å²) >= 11 is 0. The van der Waals surface area contributed by atoms with Crippen molar-refractivity contribution in [2.45, 2.75) is 12.3 Å². The summed E-state index contributed by atoms with van der Waals surface area (Å²) in [5.41, 5.74) is 1.99. The molecular weight excluding hydrogens is 860 g/mol. The summed E-state index contributed by atoms with van der Waals surface area (Å²) in [5, 5.41) is 3.98. The topological polar surface area (TPSA) is 72.9 Å². The molecule has 0 heterocycles. The zero-order chi connectivity index (χ0) is 45.3. The fourth-order valence-electron chi connectivity index (χ4n) is 8.20. The lowest BCUT2D eigenvalue weighted by atomic mass is 9.71. The van der Waals surface area contributed by atoms with Crippen LogP contribution in [0.4, 0.5) is 0 Å². The molecule has 9 heteroatoms. The highest BCUT2D eigenvalue weighted by molar-refractivity contribution is 7.85. The first kappa shape index (κ1) is 45.1. The molecule has 0 aliphatic carbocycles. The summed E-state index contributed by atoms with van der Waals surface area (Å²) in [6, 6.07) is 70.5. The molecular formula is C56H50NO5P3. The van der Waals surface area contributed by atoms with Crippen LogP contribution in [0.5, 0.6) is 11.5 Å². The highest BCUT2D eigenvalue weighted by Crippen LogP contribution is 2.51. The number of hydrogen-bond donors (Lipinski definition) is 0. The van der Waals surface area contributed by atoms with Gasteiger partial charge in [-0.05, 0) is 84.3 Å². The van der Waals surface area contributed by atoms with Crippen LogP contribution in [0.2, 0.25) is 0 Å². The van der Waals surface area contributed by atoms with Crippen LogP contribution in [0.15, 0.2) is 250 Å². The van der Waals surface area contributed by atoms with Crippen molar-refractivity contribution in [2.75, 3.05) is 13.1 Å². The largest absolute Gasteiger partial charge is 0.437 e. The summed E-state index contributed by atoms with van der Waals surface area (Å²) < 4.78 is 60.0. The summed E-state index contributed by atoms with van der Waals surface area (Å²) in [6.07, 6.45) is 3.42. The standard InChI is InChI=1S/C56H50NO5P3/c1-4-43-57(44-5-2)65(60,55-29-19-10-20-30-55)62-49-39-33-46(34-40-49)56(3,47-35-41-52(42-36-47)63(58,50-21-11-6-12-22-50)51-23-13-7-14-24-51)45-31-37-48(38-32-45)61-64(59,53-25-15-8-16-26-53)54-27-17-9-18-28-54/h4-42H,1-2,43-44H2,3H3. The molecule has 0 fully saturated rings. The predicted molar refractivity (Wildman–Crippen MR) is 271 cm³/mol. The molecule has 0 amide bonds. The van der Waals surface area contributed by atoms with Crippen LogP contribution < -0.4 is 40.9 Å². The quantitative estimate of drug-likeness (QED) is 0.0485. The smallest absolute Gasteiger partial charge is 0.350 e. The predicted octanol–water partition coefficient (Wildman–Crippen LogP) is 11.6. The van der Waals surface area contributed by atoms with Crippen LogP contribution in [0.25, 0.3) is 0 Å². The van der Waals surface area contributed by atoms with Gasteiger partial charge in [-0.1, -0.05) is 176 Å². The zero-order valence-electron chi connectivity index (χ0n) is 36.2. The van der Waals surface area contributed by atoms with Crippen LogP contribution in [0.3, 0.4) is 0 Å². The molecule has 6 nitrogen and oxygen atoms in total. The highest BCUT2D eigenvalue weighted by atomic mass is 31.2. The third-order valence-electron chi connectivity index (χ3n) is 11.7. The molecule has 0 saturated heterocycles. The van der Waals surface area contributed by atoms with E-state index in [1.54, 1.807) is 16.8 Å². The van der Waals surface area contributed by atoms with E-state index in [1.165, 1.54) is 0 Å². The molecule has 2 unspecified atom stereocenters. The number of nitrogens with zero attached hydrogens (tertiary/aromatic N) is 1. The maximum Gasteiger partial charge on any atom is 0.350 e. The van der Waals surface area contributed by atoms with E-state index in [0.29, 0.717) is 45.8 Å². The average Bonchev–Trinajstić information content (AvgIpc) is 3.37. The Hall–Kier alpha value is -6.51. The second-order valence-corrected chi connectivity index (χ2v) is 23.1. The molecule has 8 aromatic rings. The zero-order valence-corrected chi connectivity index (χ0v) is 38.9. The van der Waals surface area contributed by atoms with Gasteiger partial charge >= 0.3 is 14.9 Å². The second kappa shape index (κ2) is 19.7. The van der Waals surface area contributed by atoms with Crippen LogP contribution >= 0.6 is 22.0 Å². The van der Waals surface area contributed by atoms with Crippen molar-refractivity contribution in [3.8, 4) is 11.5 Å². The lowest BCUT2D eigenvalue weighted by Crippen LogP contribution is -2.29. The molecule has 324 valence electrons. The van der Waals surface area contributed by atoms with Gasteiger partial charge in [0.2, 0.25) is 0 Å². The Balaban J connectivity index is 1.21. The van der Waals surface area contributed by atoms with E-state index in [2.05, 4.69) is 20.1 Å². The Morgan fingerprint density at radius 1 is 0.415 bits per heavy atom. The van der Waals surface area contributed by atoms with E-state index in [9.17, 15) is 9.13 Å². The van der Waals surface area contributed by atoms with Crippen molar-refractivity contribution in [2.24, 2.45) is 0 Å². The SMILES string of the molecule is C=CCN(CC=C)P(=O)(Oc1ccc(C(C)(c2ccc(OP(=O)(c3ccccc3)c3ccccc3)cc2)c2ccc(P(=O)(c3ccccc3)c3ccccc3)cc2)cc1)c1ccccc1. The molecule has 0 bridgehead atoms. The Bertz CT molecular complexity index is 2890. The minimum Gasteiger partial charge on any atom is -0.437 e. The summed E-state index contributed by atoms with van der Waals surface area (Å²) in [5.74, 6) is 0.892. The third kappa shape index (κ3) is 9.10. The van der Waals surface area contributed by atoms with E-state index in [0.717, 1.165) is 27.3 Å². The van der Waals surface area contributed by atoms with Gasteiger partial charge in [-0.3, -0.25) is 9.13 Å². The molecule has 8 rings (SSSR count). The van der Waals surface area contributed by atoms with Gasteiger partial charge in [-0.15, -0.1) is 13.2 Å². The molecule has 2 atom stereocenters. The summed E-state index contributed by atoms with van der Waals surface area (Å²) in [6.45, 7) is 10.6. The normalized spacial score (nSPS) is 13.5. The van der Waals surface area contributed by atoms with E-state index in [4.69, 9.17) is 9.05 Å². The maximum absolute atomic E-state index is 15.4. The monoisotopic (exact) mass is 909 g/mol. The number of rotatable bonds is 18. The summed E-state index contributed by atoms with van der Waals surface area (Å²) in [4.78, 5) is 0. The van der Waals surface area contributed by atoms with Crippen molar-refractivity contribution >= 4 is 53.9 Å². The van der Waals surface area contributed by atoms with Crippen LogP contribution in [0, 0.1) is 0 Å². The molecule has 0 aliphatic heterocycles. The average molecular weight is 910 g/mol. The molecule has 0 saturated carbocycles. The van der Waals surface area contributed by atoms with E-state index < -0.39 is 27.4 Å². The molecule has 8 aromatic carbocycles. The van der Waals surface area contributed by atoms with Crippen LogP contribution in [-0.4, -0.2) is 17.8 Å². The minimum absolute atomic E-state index is 0.331. The Kier molecular flexibility index (Phi) is 13.7. The number of hydrogen-bond acceptors (Lipinski definition) is 5. The van der Waals surface area contributed by atoms with Gasteiger partial charge in [0, 0.05) is 34.4 Å². The lowest BCUT2D eigenvalue weighted by Gasteiger charge is -2.33. The van der Waals surface area contributed by atoms with Crippen LogP contribution in [0.1, 0.15) is 23.6 Å². The van der Waals surface area contributed by atoms with E-state index >= 15 is 4.57 Å². The molecule has 65 heavy (non-hydrogen) atoms. The van der Waals surface area contributed by atoms with Gasteiger partial charge < -0.3 is 13.6 Å². The number of benzene rings is 8. The van der Waals surface area contributed by atoms with E-state index in [1.807, 2.05) is 224 Å². The highest BCUT2D eigenvalue weighted by Gasteiger charge is 2.37. The molecule has 0 aromatic heterocycles. The molecule has 0 spiro atoms. The molecule has 0 aliphatic rings. The third-order valence-corrected chi connectivity index (χ3v) is 19.7.